The first-order valence-electron chi connectivity index (χ1n) is 11.7. The van der Waals surface area contributed by atoms with Gasteiger partial charge in [0.2, 0.25) is 0 Å². The van der Waals surface area contributed by atoms with E-state index in [1.165, 1.54) is 12.8 Å². The van der Waals surface area contributed by atoms with Crippen molar-refractivity contribution < 1.29 is 14.3 Å². The van der Waals surface area contributed by atoms with Gasteiger partial charge in [0.15, 0.2) is 0 Å². The van der Waals surface area contributed by atoms with Gasteiger partial charge < -0.3 is 19.4 Å². The van der Waals surface area contributed by atoms with Gasteiger partial charge in [-0.15, -0.1) is 0 Å². The smallest absolute Gasteiger partial charge is 0.407 e. The normalized spacial score (nSPS) is 14.9. The van der Waals surface area contributed by atoms with Crippen molar-refractivity contribution in [3.05, 3.63) is 47.0 Å². The van der Waals surface area contributed by atoms with Crippen LogP contribution in [0.2, 0.25) is 0 Å². The van der Waals surface area contributed by atoms with Crippen LogP contribution in [-0.2, 0) is 11.3 Å². The van der Waals surface area contributed by atoms with Gasteiger partial charge in [-0.2, -0.15) is 0 Å². The van der Waals surface area contributed by atoms with E-state index in [1.807, 2.05) is 56.5 Å². The molecule has 176 valence electrons. The number of benzene rings is 1. The van der Waals surface area contributed by atoms with Crippen LogP contribution in [0.25, 0.3) is 21.7 Å². The fraction of sp³-hybridized carbons (Fsp3) is 0.500. The maximum absolute atomic E-state index is 13.2. The van der Waals surface area contributed by atoms with Gasteiger partial charge in [0.1, 0.15) is 11.4 Å². The Bertz CT molecular complexity index is 1210. The van der Waals surface area contributed by atoms with Crippen molar-refractivity contribution in [2.24, 2.45) is 5.92 Å². The number of aromatic nitrogens is 2. The monoisotopic (exact) mass is 451 g/mol. The van der Waals surface area contributed by atoms with E-state index in [-0.39, 0.29) is 11.6 Å². The SMILES string of the molecule is CC(CCCOc1ccc2c3ccncc3c(=O)n(CC3CC3)c2c1)NC(=O)OC(C)(C)C. The van der Waals surface area contributed by atoms with Gasteiger partial charge in [-0.05, 0) is 82.9 Å². The Labute approximate surface area is 194 Å². The molecule has 1 aliphatic carbocycles. The van der Waals surface area contributed by atoms with Crippen molar-refractivity contribution in [2.75, 3.05) is 6.61 Å². The molecule has 33 heavy (non-hydrogen) atoms. The molecular formula is C26H33N3O4. The predicted octanol–water partition coefficient (Wildman–Crippen LogP) is 5.03. The number of alkyl carbamates (subject to hydrolysis) is 1. The van der Waals surface area contributed by atoms with E-state index in [0.29, 0.717) is 17.9 Å². The summed E-state index contributed by atoms with van der Waals surface area (Å²) in [4.78, 5) is 29.2. The number of amides is 1. The number of nitrogens with one attached hydrogen (secondary N) is 1. The van der Waals surface area contributed by atoms with Crippen LogP contribution in [0.5, 0.6) is 5.75 Å². The number of carbonyl (C=O) groups excluding carboxylic acids is 1. The molecule has 1 saturated carbocycles. The largest absolute Gasteiger partial charge is 0.494 e. The number of fused-ring (bicyclic) bond motifs is 3. The lowest BCUT2D eigenvalue weighted by atomic mass is 10.1. The van der Waals surface area contributed by atoms with E-state index in [0.717, 1.165) is 41.4 Å². The zero-order valence-electron chi connectivity index (χ0n) is 19.9. The summed E-state index contributed by atoms with van der Waals surface area (Å²) in [5.41, 5.74) is 0.408. The minimum absolute atomic E-state index is 0.0104. The summed E-state index contributed by atoms with van der Waals surface area (Å²) >= 11 is 0. The average Bonchev–Trinajstić information content (AvgIpc) is 3.57. The molecule has 1 unspecified atom stereocenters. The lowest BCUT2D eigenvalue weighted by Gasteiger charge is -2.22. The van der Waals surface area contributed by atoms with Gasteiger partial charge in [0.25, 0.3) is 5.56 Å². The van der Waals surface area contributed by atoms with Crippen LogP contribution in [0.4, 0.5) is 4.79 Å². The molecule has 2 aromatic heterocycles. The van der Waals surface area contributed by atoms with Crippen molar-refractivity contribution >= 4 is 27.8 Å². The Kier molecular flexibility index (Phi) is 6.58. The third kappa shape index (κ3) is 5.83. The highest BCUT2D eigenvalue weighted by Crippen LogP contribution is 2.33. The summed E-state index contributed by atoms with van der Waals surface area (Å²) in [5, 5.41) is 5.47. The summed E-state index contributed by atoms with van der Waals surface area (Å²) in [5.74, 6) is 1.32. The van der Waals surface area contributed by atoms with E-state index < -0.39 is 11.7 Å². The van der Waals surface area contributed by atoms with Crippen LogP contribution < -0.4 is 15.6 Å². The summed E-state index contributed by atoms with van der Waals surface area (Å²) < 4.78 is 13.2. The van der Waals surface area contributed by atoms with Gasteiger partial charge in [-0.1, -0.05) is 0 Å². The molecule has 1 aliphatic rings. The molecule has 1 atom stereocenters. The molecule has 7 heteroatoms. The molecule has 1 amide bonds. The zero-order chi connectivity index (χ0) is 23.6. The molecule has 0 aliphatic heterocycles. The number of hydrogen-bond acceptors (Lipinski definition) is 5. The molecule has 1 fully saturated rings. The quantitative estimate of drug-likeness (QED) is 0.384. The van der Waals surface area contributed by atoms with E-state index >= 15 is 0 Å². The number of pyridine rings is 2. The fourth-order valence-electron chi connectivity index (χ4n) is 4.01. The second-order valence-electron chi connectivity index (χ2n) is 10.00. The van der Waals surface area contributed by atoms with Crippen LogP contribution in [-0.4, -0.2) is 33.9 Å². The van der Waals surface area contributed by atoms with Crippen LogP contribution in [0, 0.1) is 5.92 Å². The van der Waals surface area contributed by atoms with Crippen molar-refractivity contribution in [1.82, 2.24) is 14.9 Å². The maximum Gasteiger partial charge on any atom is 0.407 e. The lowest BCUT2D eigenvalue weighted by Crippen LogP contribution is -2.37. The summed E-state index contributed by atoms with van der Waals surface area (Å²) in [6, 6.07) is 7.85. The molecule has 7 nitrogen and oxygen atoms in total. The topological polar surface area (TPSA) is 82.5 Å². The standard InChI is InChI=1S/C26H33N3O4/c1-17(28-25(31)33-26(2,3)4)6-5-13-32-19-9-10-21-20-11-12-27-15-22(20)24(30)29(23(21)14-19)16-18-7-8-18/h9-12,14-15,17-18H,5-8,13,16H2,1-4H3,(H,28,31). The van der Waals surface area contributed by atoms with Crippen LogP contribution in [0.1, 0.15) is 53.4 Å². The van der Waals surface area contributed by atoms with Crippen LogP contribution in [0.3, 0.4) is 0 Å². The molecule has 4 rings (SSSR count). The van der Waals surface area contributed by atoms with Gasteiger partial charge in [-0.25, -0.2) is 4.79 Å². The van der Waals surface area contributed by atoms with Gasteiger partial charge in [-0.3, -0.25) is 9.78 Å². The first kappa shape index (κ1) is 23.1. The number of rotatable bonds is 8. The lowest BCUT2D eigenvalue weighted by molar-refractivity contribution is 0.0505. The Balaban J connectivity index is 1.43. The molecule has 1 N–H and O–H groups in total. The molecule has 0 spiro atoms. The van der Waals surface area contributed by atoms with Gasteiger partial charge in [0.05, 0.1) is 17.5 Å². The minimum atomic E-state index is -0.509. The molecule has 3 aromatic rings. The average molecular weight is 452 g/mol. The Morgan fingerprint density at radius 1 is 1.21 bits per heavy atom. The summed E-state index contributed by atoms with van der Waals surface area (Å²) in [6.45, 7) is 8.75. The maximum atomic E-state index is 13.2. The van der Waals surface area contributed by atoms with E-state index in [1.54, 1.807) is 12.4 Å². The first-order chi connectivity index (χ1) is 15.7. The molecule has 0 bridgehead atoms. The fourth-order valence-corrected chi connectivity index (χ4v) is 4.01. The summed E-state index contributed by atoms with van der Waals surface area (Å²) in [6.07, 6.45) is 6.89. The van der Waals surface area contributed by atoms with Gasteiger partial charge >= 0.3 is 6.09 Å². The van der Waals surface area contributed by atoms with Crippen LogP contribution >= 0.6 is 0 Å². The molecular weight excluding hydrogens is 418 g/mol. The zero-order valence-corrected chi connectivity index (χ0v) is 19.9. The second kappa shape index (κ2) is 9.41. The summed E-state index contributed by atoms with van der Waals surface area (Å²) in [7, 11) is 0. The van der Waals surface area contributed by atoms with Crippen molar-refractivity contribution in [2.45, 2.75) is 71.6 Å². The van der Waals surface area contributed by atoms with Crippen LogP contribution in [0.15, 0.2) is 41.5 Å². The van der Waals surface area contributed by atoms with Crippen molar-refractivity contribution in [3.63, 3.8) is 0 Å². The second-order valence-corrected chi connectivity index (χ2v) is 10.00. The Hall–Kier alpha value is -3.09. The minimum Gasteiger partial charge on any atom is -0.494 e. The first-order valence-corrected chi connectivity index (χ1v) is 11.7. The highest BCUT2D eigenvalue weighted by atomic mass is 16.6. The van der Waals surface area contributed by atoms with Crippen molar-refractivity contribution in [1.29, 1.82) is 0 Å². The number of carbonyl (C=O) groups is 1. The molecule has 2 heterocycles. The van der Waals surface area contributed by atoms with Gasteiger partial charge in [0, 0.05) is 36.4 Å². The third-order valence-corrected chi connectivity index (χ3v) is 5.80. The number of ether oxygens (including phenoxy) is 2. The van der Waals surface area contributed by atoms with E-state index in [4.69, 9.17) is 9.47 Å². The van der Waals surface area contributed by atoms with E-state index in [2.05, 4.69) is 10.3 Å². The number of nitrogens with zero attached hydrogens (tertiary/aromatic N) is 2. The Morgan fingerprint density at radius 2 is 2.00 bits per heavy atom. The predicted molar refractivity (Wildman–Crippen MR) is 130 cm³/mol. The molecule has 0 saturated heterocycles. The van der Waals surface area contributed by atoms with E-state index in [9.17, 15) is 9.59 Å². The molecule has 1 aromatic carbocycles. The third-order valence-electron chi connectivity index (χ3n) is 5.80. The number of hydrogen-bond donors (Lipinski definition) is 1. The molecule has 0 radical (unpaired) electrons. The highest BCUT2D eigenvalue weighted by Gasteiger charge is 2.24. The Morgan fingerprint density at radius 3 is 2.73 bits per heavy atom. The highest BCUT2D eigenvalue weighted by molar-refractivity contribution is 6.05. The van der Waals surface area contributed by atoms with Crippen molar-refractivity contribution in [3.8, 4) is 5.75 Å².